The summed E-state index contributed by atoms with van der Waals surface area (Å²) in [6.45, 7) is 1.99. The van der Waals surface area contributed by atoms with Crippen molar-refractivity contribution in [2.24, 2.45) is 0 Å². The minimum Gasteiger partial charge on any atom is -0.0766 e. The Bertz CT molecular complexity index is 192. The zero-order valence-corrected chi connectivity index (χ0v) is 6.01. The molecule has 0 saturated heterocycles. The number of hydrogen-bond acceptors (Lipinski definition) is 2. The van der Waals surface area contributed by atoms with E-state index in [1.54, 1.807) is 0 Å². The molecule has 0 amide bonds. The van der Waals surface area contributed by atoms with Crippen molar-refractivity contribution >= 4 is 23.0 Å². The van der Waals surface area contributed by atoms with E-state index in [0.717, 1.165) is 4.21 Å². The van der Waals surface area contributed by atoms with Gasteiger partial charge in [-0.05, 0) is 13.0 Å². The van der Waals surface area contributed by atoms with Gasteiger partial charge in [-0.25, -0.2) is 0 Å². The zero-order chi connectivity index (χ0) is 5.98. The first-order chi connectivity index (χ1) is 3.83. The van der Waals surface area contributed by atoms with Crippen LogP contribution in [-0.2, 0) is 15.9 Å². The summed E-state index contributed by atoms with van der Waals surface area (Å²) in [6, 6.07) is 3.79. The number of aryl methyl sites for hydroxylation is 1. The second kappa shape index (κ2) is 2.33. The van der Waals surface area contributed by atoms with Gasteiger partial charge in [0.25, 0.3) is 0 Å². The SMILES string of the molecule is Cc1ccc([S+]=O)s1. The second-order valence-corrected chi connectivity index (χ2v) is 3.60. The lowest BCUT2D eigenvalue weighted by molar-refractivity contribution is 0.606. The highest BCUT2D eigenvalue weighted by Gasteiger charge is 2.06. The normalized spacial score (nSPS) is 9.12. The van der Waals surface area contributed by atoms with Gasteiger partial charge in [-0.1, -0.05) is 11.3 Å². The molecule has 0 saturated carbocycles. The van der Waals surface area contributed by atoms with E-state index in [1.807, 2.05) is 19.1 Å². The Kier molecular flexibility index (Phi) is 1.70. The monoisotopic (exact) mass is 145 g/mol. The fourth-order valence-electron chi connectivity index (χ4n) is 0.457. The number of hydrogen-bond donors (Lipinski definition) is 0. The lowest BCUT2D eigenvalue weighted by Crippen LogP contribution is -1.52. The van der Waals surface area contributed by atoms with Crippen LogP contribution in [0.4, 0.5) is 0 Å². The first kappa shape index (κ1) is 5.85. The summed E-state index contributed by atoms with van der Waals surface area (Å²) in [5.41, 5.74) is 0. The maximum atomic E-state index is 10.1. The van der Waals surface area contributed by atoms with Crippen LogP contribution in [-0.4, -0.2) is 0 Å². The molecule has 0 aliphatic heterocycles. The van der Waals surface area contributed by atoms with Gasteiger partial charge in [-0.15, -0.1) is 0 Å². The van der Waals surface area contributed by atoms with Gasteiger partial charge in [0, 0.05) is 15.2 Å². The fraction of sp³-hybridized carbons (Fsp3) is 0.200. The van der Waals surface area contributed by atoms with E-state index < -0.39 is 0 Å². The summed E-state index contributed by atoms with van der Waals surface area (Å²) >= 11 is 2.10. The predicted molar refractivity (Wildman–Crippen MR) is 35.4 cm³/mol. The summed E-state index contributed by atoms with van der Waals surface area (Å²) in [5, 5.41) is 0. The van der Waals surface area contributed by atoms with Gasteiger partial charge in [0.1, 0.15) is 0 Å². The highest BCUT2D eigenvalue weighted by molar-refractivity contribution is 7.69. The summed E-state index contributed by atoms with van der Waals surface area (Å²) in [4.78, 5) is 1.20. The molecule has 0 bridgehead atoms. The topological polar surface area (TPSA) is 17.1 Å². The van der Waals surface area contributed by atoms with Crippen LogP contribution >= 0.6 is 11.3 Å². The van der Waals surface area contributed by atoms with Crippen LogP contribution in [0.2, 0.25) is 0 Å². The summed E-state index contributed by atoms with van der Waals surface area (Å²) in [7, 11) is 0. The Morgan fingerprint density at radius 2 is 2.38 bits per heavy atom. The van der Waals surface area contributed by atoms with Crippen molar-refractivity contribution in [3.63, 3.8) is 0 Å². The number of thiophene rings is 1. The smallest absolute Gasteiger partial charge is 0.0766 e. The minimum absolute atomic E-state index is 0.558. The van der Waals surface area contributed by atoms with Crippen molar-refractivity contribution < 1.29 is 4.21 Å². The van der Waals surface area contributed by atoms with Gasteiger partial charge in [0.15, 0.2) is 0 Å². The Morgan fingerprint density at radius 1 is 1.62 bits per heavy atom. The fourth-order valence-corrected chi connectivity index (χ4v) is 1.70. The lowest BCUT2D eigenvalue weighted by atomic mass is 10.5. The first-order valence-electron chi connectivity index (χ1n) is 2.19. The Morgan fingerprint density at radius 3 is 2.62 bits per heavy atom. The Hall–Kier alpha value is -0.280. The molecule has 0 aliphatic rings. The highest BCUT2D eigenvalue weighted by Crippen LogP contribution is 2.13. The molecule has 1 aromatic heterocycles. The summed E-state index contributed by atoms with van der Waals surface area (Å²) < 4.78 is 10.9. The van der Waals surface area contributed by atoms with Gasteiger partial charge >= 0.3 is 15.9 Å². The van der Waals surface area contributed by atoms with Crippen molar-refractivity contribution in [2.75, 3.05) is 0 Å². The van der Waals surface area contributed by atoms with Crippen molar-refractivity contribution in [2.45, 2.75) is 11.1 Å². The molecular formula is C5H5OS2+. The average Bonchev–Trinajstić information content (AvgIpc) is 2.14. The van der Waals surface area contributed by atoms with Gasteiger partial charge in [0.2, 0.25) is 0 Å². The molecule has 0 N–H and O–H groups in total. The van der Waals surface area contributed by atoms with Gasteiger partial charge in [-0.3, -0.25) is 0 Å². The van der Waals surface area contributed by atoms with E-state index >= 15 is 0 Å². The van der Waals surface area contributed by atoms with E-state index in [4.69, 9.17) is 0 Å². The summed E-state index contributed by atoms with van der Waals surface area (Å²) in [6.07, 6.45) is 0. The average molecular weight is 145 g/mol. The van der Waals surface area contributed by atoms with Crippen LogP contribution < -0.4 is 0 Å². The molecule has 1 rings (SSSR count). The molecule has 0 aromatic carbocycles. The molecule has 1 aromatic rings. The van der Waals surface area contributed by atoms with Crippen molar-refractivity contribution in [3.8, 4) is 0 Å². The minimum atomic E-state index is 0.558. The first-order valence-corrected chi connectivity index (χ1v) is 3.75. The van der Waals surface area contributed by atoms with Crippen molar-refractivity contribution in [1.82, 2.24) is 0 Å². The van der Waals surface area contributed by atoms with Gasteiger partial charge < -0.3 is 0 Å². The van der Waals surface area contributed by atoms with Crippen molar-refractivity contribution in [1.29, 1.82) is 0 Å². The van der Waals surface area contributed by atoms with Crippen LogP contribution in [0.1, 0.15) is 4.88 Å². The molecule has 1 nitrogen and oxygen atoms in total. The third-order valence-corrected chi connectivity index (χ3v) is 2.35. The third kappa shape index (κ3) is 1.11. The maximum absolute atomic E-state index is 10.1. The quantitative estimate of drug-likeness (QED) is 0.551. The molecule has 3 heteroatoms. The standard InChI is InChI=1S/C5H5OS2/c1-4-2-3-5(7-4)8-6/h2-3H,1H3/q+1. The Labute approximate surface area is 55.8 Å². The Balaban J connectivity index is 3.00. The molecule has 0 aliphatic carbocycles. The molecule has 0 radical (unpaired) electrons. The van der Waals surface area contributed by atoms with Crippen molar-refractivity contribution in [3.05, 3.63) is 17.0 Å². The highest BCUT2D eigenvalue weighted by atomic mass is 32.2. The molecule has 0 unspecified atom stereocenters. The van der Waals surface area contributed by atoms with E-state index in [9.17, 15) is 4.21 Å². The number of rotatable bonds is 1. The van der Waals surface area contributed by atoms with Crippen LogP contribution in [0.3, 0.4) is 0 Å². The van der Waals surface area contributed by atoms with Crippen LogP contribution in [0.5, 0.6) is 0 Å². The van der Waals surface area contributed by atoms with Crippen LogP contribution in [0.25, 0.3) is 0 Å². The molecule has 0 spiro atoms. The largest absolute Gasteiger partial charge is 0.516 e. The van der Waals surface area contributed by atoms with E-state index in [1.165, 1.54) is 16.2 Å². The molecular weight excluding hydrogens is 140 g/mol. The third-order valence-electron chi connectivity index (χ3n) is 0.798. The zero-order valence-electron chi connectivity index (χ0n) is 4.38. The maximum Gasteiger partial charge on any atom is 0.516 e. The summed E-state index contributed by atoms with van der Waals surface area (Å²) in [5.74, 6) is 0. The molecule has 0 atom stereocenters. The predicted octanol–water partition coefficient (Wildman–Crippen LogP) is 1.84. The van der Waals surface area contributed by atoms with Crippen LogP contribution in [0.15, 0.2) is 16.3 Å². The lowest BCUT2D eigenvalue weighted by Gasteiger charge is -1.64. The molecule has 0 fully saturated rings. The van der Waals surface area contributed by atoms with E-state index in [2.05, 4.69) is 0 Å². The van der Waals surface area contributed by atoms with E-state index in [-0.39, 0.29) is 0 Å². The van der Waals surface area contributed by atoms with Gasteiger partial charge in [0.05, 0.1) is 0 Å². The molecule has 1 heterocycles. The van der Waals surface area contributed by atoms with Gasteiger partial charge in [-0.2, -0.15) is 0 Å². The molecule has 8 heavy (non-hydrogen) atoms. The molecule has 42 valence electrons. The van der Waals surface area contributed by atoms with Crippen LogP contribution in [0, 0.1) is 6.92 Å². The second-order valence-electron chi connectivity index (χ2n) is 1.45. The van der Waals surface area contributed by atoms with E-state index in [0.29, 0.717) is 11.7 Å².